The highest BCUT2D eigenvalue weighted by molar-refractivity contribution is 5.11. The molecule has 1 aromatic rings. The molecule has 1 unspecified atom stereocenters. The van der Waals surface area contributed by atoms with Gasteiger partial charge in [0.1, 0.15) is 0 Å². The standard InChI is InChI=1S/C9H15N3/c1-4-8(10-5-2)9-6-7-12(3)11-9/h4,6-8,10H,1,5H2,2-3H3. The third kappa shape index (κ3) is 1.95. The van der Waals surface area contributed by atoms with Crippen LogP contribution >= 0.6 is 0 Å². The first-order valence-electron chi connectivity index (χ1n) is 4.13. The number of aryl methyl sites for hydroxylation is 1. The van der Waals surface area contributed by atoms with Gasteiger partial charge in [0, 0.05) is 13.2 Å². The maximum absolute atomic E-state index is 4.28. The van der Waals surface area contributed by atoms with Crippen molar-refractivity contribution in [2.45, 2.75) is 13.0 Å². The van der Waals surface area contributed by atoms with Crippen LogP contribution in [0.4, 0.5) is 0 Å². The fraction of sp³-hybridized carbons (Fsp3) is 0.444. The maximum Gasteiger partial charge on any atom is 0.0832 e. The van der Waals surface area contributed by atoms with E-state index in [1.807, 2.05) is 25.4 Å². The van der Waals surface area contributed by atoms with Crippen LogP contribution in [0.25, 0.3) is 0 Å². The van der Waals surface area contributed by atoms with Crippen molar-refractivity contribution in [3.8, 4) is 0 Å². The first-order valence-corrected chi connectivity index (χ1v) is 4.13. The number of hydrogen-bond acceptors (Lipinski definition) is 2. The summed E-state index contributed by atoms with van der Waals surface area (Å²) in [5.41, 5.74) is 1.02. The monoisotopic (exact) mass is 165 g/mol. The van der Waals surface area contributed by atoms with E-state index in [1.165, 1.54) is 0 Å². The van der Waals surface area contributed by atoms with Crippen LogP contribution in [-0.2, 0) is 7.05 Å². The van der Waals surface area contributed by atoms with Crippen molar-refractivity contribution in [1.82, 2.24) is 15.1 Å². The Balaban J connectivity index is 2.72. The summed E-state index contributed by atoms with van der Waals surface area (Å²) in [6.45, 7) is 6.75. The predicted octanol–water partition coefficient (Wildman–Crippen LogP) is 1.26. The summed E-state index contributed by atoms with van der Waals surface area (Å²) >= 11 is 0. The number of hydrogen-bond donors (Lipinski definition) is 1. The summed E-state index contributed by atoms with van der Waals surface area (Å²) < 4.78 is 1.79. The van der Waals surface area contributed by atoms with E-state index < -0.39 is 0 Å². The van der Waals surface area contributed by atoms with E-state index in [0.29, 0.717) is 0 Å². The van der Waals surface area contributed by atoms with Crippen molar-refractivity contribution >= 4 is 0 Å². The molecule has 0 amide bonds. The summed E-state index contributed by atoms with van der Waals surface area (Å²) in [5, 5.41) is 7.55. The Morgan fingerprint density at radius 2 is 2.58 bits per heavy atom. The second kappa shape index (κ2) is 4.07. The number of likely N-dealkylation sites (N-methyl/N-ethyl adjacent to an activating group) is 1. The molecule has 0 aliphatic rings. The molecule has 1 heterocycles. The van der Waals surface area contributed by atoms with Gasteiger partial charge in [-0.1, -0.05) is 13.0 Å². The summed E-state index contributed by atoms with van der Waals surface area (Å²) in [4.78, 5) is 0. The van der Waals surface area contributed by atoms with Crippen molar-refractivity contribution in [2.75, 3.05) is 6.54 Å². The minimum absolute atomic E-state index is 0.177. The van der Waals surface area contributed by atoms with E-state index in [9.17, 15) is 0 Å². The van der Waals surface area contributed by atoms with Gasteiger partial charge in [0.2, 0.25) is 0 Å². The van der Waals surface area contributed by atoms with Crippen LogP contribution in [0, 0.1) is 0 Å². The maximum atomic E-state index is 4.28. The van der Waals surface area contributed by atoms with E-state index >= 15 is 0 Å². The molecule has 66 valence electrons. The molecule has 3 nitrogen and oxygen atoms in total. The third-order valence-electron chi connectivity index (χ3n) is 1.71. The normalized spacial score (nSPS) is 12.8. The Labute approximate surface area is 73.1 Å². The minimum Gasteiger partial charge on any atom is -0.306 e. The van der Waals surface area contributed by atoms with Crippen LogP contribution in [0.15, 0.2) is 24.9 Å². The lowest BCUT2D eigenvalue weighted by Crippen LogP contribution is -2.19. The molecule has 3 heteroatoms. The number of rotatable bonds is 4. The van der Waals surface area contributed by atoms with Gasteiger partial charge >= 0.3 is 0 Å². The fourth-order valence-electron chi connectivity index (χ4n) is 1.13. The highest BCUT2D eigenvalue weighted by Crippen LogP contribution is 2.09. The average molecular weight is 165 g/mol. The van der Waals surface area contributed by atoms with E-state index in [1.54, 1.807) is 4.68 Å². The van der Waals surface area contributed by atoms with Crippen molar-refractivity contribution in [3.05, 3.63) is 30.6 Å². The van der Waals surface area contributed by atoms with E-state index in [2.05, 4.69) is 23.9 Å². The minimum atomic E-state index is 0.177. The zero-order valence-electron chi connectivity index (χ0n) is 7.62. The van der Waals surface area contributed by atoms with Crippen molar-refractivity contribution in [3.63, 3.8) is 0 Å². The van der Waals surface area contributed by atoms with E-state index in [4.69, 9.17) is 0 Å². The van der Waals surface area contributed by atoms with Crippen LogP contribution in [0.2, 0.25) is 0 Å². The lowest BCUT2D eigenvalue weighted by Gasteiger charge is -2.09. The fourth-order valence-corrected chi connectivity index (χ4v) is 1.13. The molecule has 0 fully saturated rings. The summed E-state index contributed by atoms with van der Waals surface area (Å²) in [5.74, 6) is 0. The Morgan fingerprint density at radius 1 is 1.83 bits per heavy atom. The SMILES string of the molecule is C=CC(NCC)c1ccn(C)n1. The Hall–Kier alpha value is -1.09. The molecule has 1 rings (SSSR count). The quantitative estimate of drug-likeness (QED) is 0.681. The van der Waals surface area contributed by atoms with Gasteiger partial charge in [-0.25, -0.2) is 0 Å². The van der Waals surface area contributed by atoms with Gasteiger partial charge in [0.25, 0.3) is 0 Å². The van der Waals surface area contributed by atoms with Crippen molar-refractivity contribution in [2.24, 2.45) is 7.05 Å². The lowest BCUT2D eigenvalue weighted by molar-refractivity contribution is 0.615. The van der Waals surface area contributed by atoms with Crippen LogP contribution in [0.5, 0.6) is 0 Å². The molecule has 0 saturated heterocycles. The Kier molecular flexibility index (Phi) is 3.05. The Morgan fingerprint density at radius 3 is 3.00 bits per heavy atom. The zero-order valence-corrected chi connectivity index (χ0v) is 7.62. The topological polar surface area (TPSA) is 29.9 Å². The van der Waals surface area contributed by atoms with Crippen LogP contribution < -0.4 is 5.32 Å². The van der Waals surface area contributed by atoms with Gasteiger partial charge in [-0.15, -0.1) is 6.58 Å². The van der Waals surface area contributed by atoms with Gasteiger partial charge in [-0.05, 0) is 12.6 Å². The summed E-state index contributed by atoms with van der Waals surface area (Å²) in [7, 11) is 1.91. The number of nitrogens with zero attached hydrogens (tertiary/aromatic N) is 2. The van der Waals surface area contributed by atoms with Crippen molar-refractivity contribution < 1.29 is 0 Å². The molecule has 0 aliphatic heterocycles. The van der Waals surface area contributed by atoms with Gasteiger partial charge in [0.05, 0.1) is 11.7 Å². The Bertz CT molecular complexity index is 252. The molecule has 12 heavy (non-hydrogen) atoms. The molecule has 0 saturated carbocycles. The number of aromatic nitrogens is 2. The van der Waals surface area contributed by atoms with E-state index in [-0.39, 0.29) is 6.04 Å². The predicted molar refractivity (Wildman–Crippen MR) is 49.8 cm³/mol. The smallest absolute Gasteiger partial charge is 0.0832 e. The zero-order chi connectivity index (χ0) is 8.97. The molecule has 0 radical (unpaired) electrons. The highest BCUT2D eigenvalue weighted by Gasteiger charge is 2.07. The molecule has 1 aromatic heterocycles. The molecular formula is C9H15N3. The average Bonchev–Trinajstić information content (AvgIpc) is 2.47. The third-order valence-corrected chi connectivity index (χ3v) is 1.71. The molecule has 0 bridgehead atoms. The summed E-state index contributed by atoms with van der Waals surface area (Å²) in [6, 6.07) is 2.17. The molecule has 0 spiro atoms. The second-order valence-corrected chi connectivity index (χ2v) is 2.69. The van der Waals surface area contributed by atoms with Gasteiger partial charge < -0.3 is 5.32 Å². The second-order valence-electron chi connectivity index (χ2n) is 2.69. The molecule has 1 N–H and O–H groups in total. The first kappa shape index (κ1) is 9.00. The molecule has 0 aromatic carbocycles. The molecule has 1 atom stereocenters. The van der Waals surface area contributed by atoms with Crippen molar-refractivity contribution in [1.29, 1.82) is 0 Å². The largest absolute Gasteiger partial charge is 0.306 e. The van der Waals surface area contributed by atoms with E-state index in [0.717, 1.165) is 12.2 Å². The molecule has 0 aliphatic carbocycles. The number of nitrogens with one attached hydrogen (secondary N) is 1. The summed E-state index contributed by atoms with van der Waals surface area (Å²) in [6.07, 6.45) is 3.80. The first-order chi connectivity index (χ1) is 5.77. The van der Waals surface area contributed by atoms with Crippen LogP contribution in [0.1, 0.15) is 18.7 Å². The van der Waals surface area contributed by atoms with Gasteiger partial charge in [0.15, 0.2) is 0 Å². The highest BCUT2D eigenvalue weighted by atomic mass is 15.3. The molecular weight excluding hydrogens is 150 g/mol. The van der Waals surface area contributed by atoms with Gasteiger partial charge in [-0.2, -0.15) is 5.10 Å². The van der Waals surface area contributed by atoms with Gasteiger partial charge in [-0.3, -0.25) is 4.68 Å². The van der Waals surface area contributed by atoms with Crippen LogP contribution in [-0.4, -0.2) is 16.3 Å². The lowest BCUT2D eigenvalue weighted by atomic mass is 10.2. The van der Waals surface area contributed by atoms with Crippen LogP contribution in [0.3, 0.4) is 0 Å².